The van der Waals surface area contributed by atoms with Crippen LogP contribution in [0.3, 0.4) is 0 Å². The predicted octanol–water partition coefficient (Wildman–Crippen LogP) is 0.334. The maximum Gasteiger partial charge on any atom is 0.286 e. The minimum absolute atomic E-state index is 0.0479. The maximum atomic E-state index is 12.7. The second kappa shape index (κ2) is 6.22. The molecular weight excluding hydrogens is 314 g/mol. The highest BCUT2D eigenvalue weighted by atomic mass is 16.5. The molecule has 1 N–H and O–H groups in total. The van der Waals surface area contributed by atoms with Gasteiger partial charge >= 0.3 is 0 Å². The second-order valence-corrected chi connectivity index (χ2v) is 5.20. The second-order valence-electron chi connectivity index (χ2n) is 5.20. The van der Waals surface area contributed by atoms with Gasteiger partial charge in [-0.05, 0) is 13.8 Å². The fourth-order valence-electron chi connectivity index (χ4n) is 2.27. The average molecular weight is 331 g/mol. The number of carbonyl (C=O) groups excluding carboxylic acids is 1. The van der Waals surface area contributed by atoms with Crippen LogP contribution in [0.2, 0.25) is 0 Å². The van der Waals surface area contributed by atoms with Crippen LogP contribution in [0.1, 0.15) is 41.7 Å². The monoisotopic (exact) mass is 331 g/mol. The van der Waals surface area contributed by atoms with Crippen LogP contribution in [0.4, 0.5) is 0 Å². The van der Waals surface area contributed by atoms with Crippen LogP contribution in [0.15, 0.2) is 15.5 Å². The zero-order valence-corrected chi connectivity index (χ0v) is 13.6. The van der Waals surface area contributed by atoms with Gasteiger partial charge in [0.15, 0.2) is 5.82 Å². The number of hydrogen-bond donors (Lipinski definition) is 1. The van der Waals surface area contributed by atoms with Crippen LogP contribution in [-0.4, -0.2) is 47.1 Å². The largest absolute Gasteiger partial charge is 0.337 e. The SMILES string of the molecule is CCc1noc(CN(CC)C(=O)c2cnc3nc(C)[nH]n3c2=O)n1. The van der Waals surface area contributed by atoms with Crippen LogP contribution in [0, 0.1) is 6.92 Å². The number of nitrogens with zero attached hydrogens (tertiary/aromatic N) is 6. The van der Waals surface area contributed by atoms with Gasteiger partial charge in [0.2, 0.25) is 5.89 Å². The van der Waals surface area contributed by atoms with Gasteiger partial charge in [0.25, 0.3) is 17.2 Å². The highest BCUT2D eigenvalue weighted by molar-refractivity contribution is 5.93. The van der Waals surface area contributed by atoms with Crippen LogP contribution < -0.4 is 5.56 Å². The van der Waals surface area contributed by atoms with Gasteiger partial charge in [-0.1, -0.05) is 12.1 Å². The molecule has 0 radical (unpaired) electrons. The van der Waals surface area contributed by atoms with Gasteiger partial charge in [-0.15, -0.1) is 0 Å². The first-order chi connectivity index (χ1) is 11.5. The summed E-state index contributed by atoms with van der Waals surface area (Å²) in [5.74, 6) is 1.21. The van der Waals surface area contributed by atoms with Crippen molar-refractivity contribution < 1.29 is 9.32 Å². The summed E-state index contributed by atoms with van der Waals surface area (Å²) in [6.07, 6.45) is 1.89. The summed E-state index contributed by atoms with van der Waals surface area (Å²) in [6, 6.07) is 0. The molecule has 10 heteroatoms. The van der Waals surface area contributed by atoms with Crippen molar-refractivity contribution in [3.8, 4) is 0 Å². The van der Waals surface area contributed by atoms with Crippen molar-refractivity contribution in [3.05, 3.63) is 39.7 Å². The molecule has 10 nitrogen and oxygen atoms in total. The Kier molecular flexibility index (Phi) is 4.11. The van der Waals surface area contributed by atoms with E-state index in [0.29, 0.717) is 30.5 Å². The number of H-pyrrole nitrogens is 1. The summed E-state index contributed by atoms with van der Waals surface area (Å²) in [5, 5.41) is 6.56. The number of fused-ring (bicyclic) bond motifs is 1. The number of rotatable bonds is 5. The quantitative estimate of drug-likeness (QED) is 0.715. The standard InChI is InChI=1S/C14H17N7O3/c1-4-10-17-11(24-19-10)7-20(5-2)12(22)9-6-15-14-16-8(3)18-21(14)13(9)23/h6H,4-5,7H2,1-3H3,(H,15,16,18). The first-order valence-corrected chi connectivity index (χ1v) is 7.58. The molecule has 3 aromatic rings. The molecule has 0 fully saturated rings. The van der Waals surface area contributed by atoms with Crippen LogP contribution in [0.25, 0.3) is 5.78 Å². The fraction of sp³-hybridized carbons (Fsp3) is 0.429. The van der Waals surface area contributed by atoms with E-state index >= 15 is 0 Å². The molecule has 0 bridgehead atoms. The van der Waals surface area contributed by atoms with Crippen molar-refractivity contribution in [2.75, 3.05) is 6.54 Å². The number of aromatic amines is 1. The van der Waals surface area contributed by atoms with E-state index in [4.69, 9.17) is 4.52 Å². The van der Waals surface area contributed by atoms with Gasteiger partial charge in [0.05, 0.1) is 0 Å². The first kappa shape index (κ1) is 15.8. The summed E-state index contributed by atoms with van der Waals surface area (Å²) in [5.41, 5.74) is -0.544. The number of amides is 1. The molecule has 0 unspecified atom stereocenters. The fourth-order valence-corrected chi connectivity index (χ4v) is 2.27. The Morgan fingerprint density at radius 2 is 2.17 bits per heavy atom. The van der Waals surface area contributed by atoms with Crippen molar-refractivity contribution in [1.82, 2.24) is 34.6 Å². The summed E-state index contributed by atoms with van der Waals surface area (Å²) >= 11 is 0. The Balaban J connectivity index is 1.90. The molecule has 24 heavy (non-hydrogen) atoms. The minimum Gasteiger partial charge on any atom is -0.337 e. The first-order valence-electron chi connectivity index (χ1n) is 7.58. The van der Waals surface area contributed by atoms with Crippen LogP contribution in [-0.2, 0) is 13.0 Å². The summed E-state index contributed by atoms with van der Waals surface area (Å²) in [4.78, 5) is 38.9. The van der Waals surface area contributed by atoms with Gasteiger partial charge in [0.1, 0.15) is 17.9 Å². The lowest BCUT2D eigenvalue weighted by atomic mass is 10.3. The highest BCUT2D eigenvalue weighted by Gasteiger charge is 2.22. The third-order valence-electron chi connectivity index (χ3n) is 3.54. The molecule has 0 aliphatic heterocycles. The lowest BCUT2D eigenvalue weighted by Gasteiger charge is -2.18. The van der Waals surface area contributed by atoms with E-state index in [0.717, 1.165) is 4.52 Å². The molecular formula is C14H17N7O3. The van der Waals surface area contributed by atoms with Crippen molar-refractivity contribution in [2.45, 2.75) is 33.7 Å². The van der Waals surface area contributed by atoms with Gasteiger partial charge in [-0.2, -0.15) is 14.5 Å². The Morgan fingerprint density at radius 1 is 1.38 bits per heavy atom. The number of aromatic nitrogens is 6. The predicted molar refractivity (Wildman–Crippen MR) is 82.4 cm³/mol. The molecule has 0 saturated heterocycles. The molecule has 0 aliphatic carbocycles. The smallest absolute Gasteiger partial charge is 0.286 e. The highest BCUT2D eigenvalue weighted by Crippen LogP contribution is 2.07. The summed E-state index contributed by atoms with van der Waals surface area (Å²) < 4.78 is 6.26. The Hall–Kier alpha value is -3.04. The van der Waals surface area contributed by atoms with Gasteiger partial charge in [-0.25, -0.2) is 4.98 Å². The molecule has 3 rings (SSSR count). The molecule has 126 valence electrons. The van der Waals surface area contributed by atoms with E-state index in [1.54, 1.807) is 13.8 Å². The third-order valence-corrected chi connectivity index (χ3v) is 3.54. The third kappa shape index (κ3) is 2.77. The van der Waals surface area contributed by atoms with E-state index in [-0.39, 0.29) is 17.9 Å². The van der Waals surface area contributed by atoms with Gasteiger partial charge in [-0.3, -0.25) is 14.7 Å². The summed E-state index contributed by atoms with van der Waals surface area (Å²) in [6.45, 7) is 5.93. The topological polar surface area (TPSA) is 122 Å². The number of aryl methyl sites for hydroxylation is 2. The Bertz CT molecular complexity index is 939. The average Bonchev–Trinajstić information content (AvgIpc) is 3.18. The molecule has 0 saturated carbocycles. The number of hydrogen-bond acceptors (Lipinski definition) is 7. The molecule has 3 aromatic heterocycles. The summed E-state index contributed by atoms with van der Waals surface area (Å²) in [7, 11) is 0. The van der Waals surface area contributed by atoms with Crippen molar-refractivity contribution in [1.29, 1.82) is 0 Å². The molecule has 0 spiro atoms. The molecule has 0 aliphatic rings. The lowest BCUT2D eigenvalue weighted by Crippen LogP contribution is -2.35. The normalized spacial score (nSPS) is 11.1. The number of nitrogens with one attached hydrogen (secondary N) is 1. The molecule has 1 amide bonds. The Morgan fingerprint density at radius 3 is 2.83 bits per heavy atom. The van der Waals surface area contributed by atoms with Crippen molar-refractivity contribution >= 4 is 11.7 Å². The van der Waals surface area contributed by atoms with Crippen molar-refractivity contribution in [3.63, 3.8) is 0 Å². The van der Waals surface area contributed by atoms with E-state index < -0.39 is 11.5 Å². The Labute approximate surface area is 136 Å². The minimum atomic E-state index is -0.496. The maximum absolute atomic E-state index is 12.7. The van der Waals surface area contributed by atoms with Gasteiger partial charge < -0.3 is 9.42 Å². The zero-order valence-electron chi connectivity index (χ0n) is 13.6. The van der Waals surface area contributed by atoms with E-state index in [1.807, 2.05) is 6.92 Å². The number of carbonyl (C=O) groups is 1. The van der Waals surface area contributed by atoms with E-state index in [1.165, 1.54) is 11.1 Å². The van der Waals surface area contributed by atoms with Gasteiger partial charge in [0, 0.05) is 19.2 Å². The van der Waals surface area contributed by atoms with Crippen LogP contribution >= 0.6 is 0 Å². The van der Waals surface area contributed by atoms with E-state index in [9.17, 15) is 9.59 Å². The van der Waals surface area contributed by atoms with Crippen molar-refractivity contribution in [2.24, 2.45) is 0 Å². The molecule has 0 atom stereocenters. The molecule has 3 heterocycles. The zero-order chi connectivity index (χ0) is 17.3. The molecule has 0 aromatic carbocycles. The lowest BCUT2D eigenvalue weighted by molar-refractivity contribution is 0.0732. The van der Waals surface area contributed by atoms with Crippen LogP contribution in [0.5, 0.6) is 0 Å². The van der Waals surface area contributed by atoms with E-state index in [2.05, 4.69) is 25.2 Å².